The monoisotopic (exact) mass is 313 g/mol. The van der Waals surface area contributed by atoms with Crippen molar-refractivity contribution in [1.29, 1.82) is 5.26 Å². The first-order valence-electron chi connectivity index (χ1n) is 7.54. The third kappa shape index (κ3) is 4.79. The molecule has 3 heteroatoms. The first kappa shape index (κ1) is 16.4. The van der Waals surface area contributed by atoms with Gasteiger partial charge >= 0.3 is 0 Å². The summed E-state index contributed by atoms with van der Waals surface area (Å²) in [5, 5.41) is 10.0. The van der Waals surface area contributed by atoms with Crippen LogP contribution in [0.1, 0.15) is 36.3 Å². The molecular weight excluding hydrogens is 294 g/mol. The number of hydrogen-bond donors (Lipinski definition) is 0. The number of nitriles is 1. The second kappa shape index (κ2) is 8.46. The van der Waals surface area contributed by atoms with E-state index >= 15 is 0 Å². The molecule has 22 heavy (non-hydrogen) atoms. The van der Waals surface area contributed by atoms with Crippen LogP contribution in [0.4, 0.5) is 0 Å². The van der Waals surface area contributed by atoms with E-state index in [9.17, 15) is 5.26 Å². The minimum Gasteiger partial charge on any atom is -0.494 e. The van der Waals surface area contributed by atoms with Crippen LogP contribution in [0, 0.1) is 18.3 Å². The van der Waals surface area contributed by atoms with Crippen LogP contribution < -0.4 is 4.74 Å². The van der Waals surface area contributed by atoms with Gasteiger partial charge in [0.05, 0.1) is 18.6 Å². The number of aryl methyl sites for hydroxylation is 1. The van der Waals surface area contributed by atoms with E-state index in [2.05, 4.69) is 6.07 Å². The lowest BCUT2D eigenvalue weighted by Crippen LogP contribution is -2.01. The van der Waals surface area contributed by atoms with E-state index in [0.717, 1.165) is 30.6 Å². The van der Waals surface area contributed by atoms with Gasteiger partial charge in [0, 0.05) is 5.02 Å². The van der Waals surface area contributed by atoms with Gasteiger partial charge in [-0.3, -0.25) is 0 Å². The summed E-state index contributed by atoms with van der Waals surface area (Å²) in [7, 11) is 0. The zero-order chi connectivity index (χ0) is 15.8. The Morgan fingerprint density at radius 1 is 1.14 bits per heavy atom. The summed E-state index contributed by atoms with van der Waals surface area (Å²) in [5.74, 6) is 0.760. The zero-order valence-electron chi connectivity index (χ0n) is 12.8. The van der Waals surface area contributed by atoms with Gasteiger partial charge in [0.25, 0.3) is 0 Å². The van der Waals surface area contributed by atoms with Crippen molar-refractivity contribution in [2.75, 3.05) is 6.61 Å². The normalized spacial score (nSPS) is 11.7. The van der Waals surface area contributed by atoms with Gasteiger partial charge in [-0.2, -0.15) is 5.26 Å². The molecule has 0 amide bonds. The maximum Gasteiger partial charge on any atom is 0.119 e. The maximum atomic E-state index is 9.33. The van der Waals surface area contributed by atoms with Gasteiger partial charge in [0.1, 0.15) is 5.75 Å². The lowest BCUT2D eigenvalue weighted by molar-refractivity contribution is 0.304. The van der Waals surface area contributed by atoms with Crippen molar-refractivity contribution in [3.05, 3.63) is 64.7 Å². The Bertz CT molecular complexity index is 648. The van der Waals surface area contributed by atoms with Crippen LogP contribution in [-0.4, -0.2) is 6.61 Å². The van der Waals surface area contributed by atoms with Crippen LogP contribution in [0.5, 0.6) is 5.75 Å². The Balaban J connectivity index is 1.76. The summed E-state index contributed by atoms with van der Waals surface area (Å²) in [4.78, 5) is 0. The van der Waals surface area contributed by atoms with Crippen LogP contribution in [-0.2, 0) is 0 Å². The van der Waals surface area contributed by atoms with Crippen LogP contribution in [0.15, 0.2) is 48.5 Å². The molecule has 1 atom stereocenters. The molecule has 0 saturated carbocycles. The molecule has 0 spiro atoms. The highest BCUT2D eigenvalue weighted by atomic mass is 35.5. The van der Waals surface area contributed by atoms with Crippen molar-refractivity contribution in [3.8, 4) is 11.8 Å². The lowest BCUT2D eigenvalue weighted by Gasteiger charge is -2.11. The van der Waals surface area contributed by atoms with Gasteiger partial charge in [-0.05, 0) is 55.5 Å². The van der Waals surface area contributed by atoms with E-state index in [4.69, 9.17) is 16.3 Å². The van der Waals surface area contributed by atoms with Crippen molar-refractivity contribution in [3.63, 3.8) is 0 Å². The number of ether oxygens (including phenoxy) is 1. The summed E-state index contributed by atoms with van der Waals surface area (Å²) >= 11 is 6.16. The van der Waals surface area contributed by atoms with Crippen molar-refractivity contribution in [1.82, 2.24) is 0 Å². The number of hydrogen-bond acceptors (Lipinski definition) is 2. The molecule has 2 aromatic carbocycles. The number of nitrogens with zero attached hydrogens (tertiary/aromatic N) is 1. The zero-order valence-corrected chi connectivity index (χ0v) is 13.5. The summed E-state index contributed by atoms with van der Waals surface area (Å²) < 4.78 is 5.72. The molecule has 0 aliphatic rings. The van der Waals surface area contributed by atoms with Crippen LogP contribution >= 0.6 is 11.6 Å². The third-order valence-electron chi connectivity index (χ3n) is 3.58. The van der Waals surface area contributed by atoms with E-state index in [-0.39, 0.29) is 5.92 Å². The lowest BCUT2D eigenvalue weighted by atomic mass is 9.95. The van der Waals surface area contributed by atoms with E-state index in [0.29, 0.717) is 11.6 Å². The fourth-order valence-electron chi connectivity index (χ4n) is 2.39. The van der Waals surface area contributed by atoms with Gasteiger partial charge in [-0.15, -0.1) is 0 Å². The van der Waals surface area contributed by atoms with Crippen molar-refractivity contribution in [2.24, 2.45) is 0 Å². The molecule has 0 aliphatic carbocycles. The Morgan fingerprint density at radius 2 is 1.95 bits per heavy atom. The average molecular weight is 314 g/mol. The van der Waals surface area contributed by atoms with Gasteiger partial charge in [0.2, 0.25) is 0 Å². The highest BCUT2D eigenvalue weighted by Gasteiger charge is 2.13. The molecule has 114 valence electrons. The second-order valence-electron chi connectivity index (χ2n) is 5.36. The summed E-state index contributed by atoms with van der Waals surface area (Å²) in [5.41, 5.74) is 2.12. The topological polar surface area (TPSA) is 33.0 Å². The highest BCUT2D eigenvalue weighted by Crippen LogP contribution is 2.27. The summed E-state index contributed by atoms with van der Waals surface area (Å²) in [6.45, 7) is 2.72. The molecule has 0 fully saturated rings. The Hall–Kier alpha value is -1.98. The van der Waals surface area contributed by atoms with Crippen LogP contribution in [0.25, 0.3) is 0 Å². The Kier molecular flexibility index (Phi) is 6.30. The molecule has 2 nitrogen and oxygen atoms in total. The number of halogens is 1. The first-order valence-corrected chi connectivity index (χ1v) is 7.92. The third-order valence-corrected chi connectivity index (χ3v) is 3.93. The SMILES string of the molecule is Cc1cccc(OCCCCC(C#N)c2ccccc2Cl)c1. The molecule has 0 aliphatic heterocycles. The smallest absolute Gasteiger partial charge is 0.119 e. The minimum atomic E-state index is -0.146. The molecule has 0 N–H and O–H groups in total. The molecule has 0 saturated heterocycles. The van der Waals surface area contributed by atoms with Gasteiger partial charge in [0.15, 0.2) is 0 Å². The van der Waals surface area contributed by atoms with Gasteiger partial charge in [-0.25, -0.2) is 0 Å². The fraction of sp³-hybridized carbons (Fsp3) is 0.316. The predicted octanol–water partition coefficient (Wildman–Crippen LogP) is 5.50. The second-order valence-corrected chi connectivity index (χ2v) is 5.77. The largest absolute Gasteiger partial charge is 0.494 e. The van der Waals surface area contributed by atoms with Crippen molar-refractivity contribution >= 4 is 11.6 Å². The Labute approximate surface area is 137 Å². The van der Waals surface area contributed by atoms with Crippen LogP contribution in [0.2, 0.25) is 5.02 Å². The van der Waals surface area contributed by atoms with E-state index in [1.807, 2.05) is 55.5 Å². The molecular formula is C19H20ClNO. The molecule has 0 aromatic heterocycles. The predicted molar refractivity (Wildman–Crippen MR) is 90.3 cm³/mol. The number of unbranched alkanes of at least 4 members (excludes halogenated alkanes) is 1. The van der Waals surface area contributed by atoms with Gasteiger partial charge in [-0.1, -0.05) is 41.9 Å². The fourth-order valence-corrected chi connectivity index (χ4v) is 2.66. The maximum absolute atomic E-state index is 9.33. The standard InChI is InChI=1S/C19H20ClNO/c1-15-7-6-9-17(13-15)22-12-5-4-8-16(14-21)18-10-2-3-11-19(18)20/h2-3,6-7,9-11,13,16H,4-5,8,12H2,1H3. The molecule has 0 bridgehead atoms. The summed E-state index contributed by atoms with van der Waals surface area (Å²) in [6, 6.07) is 18.0. The number of rotatable bonds is 7. The van der Waals surface area contributed by atoms with E-state index in [1.54, 1.807) is 0 Å². The Morgan fingerprint density at radius 3 is 2.68 bits per heavy atom. The van der Waals surface area contributed by atoms with E-state index < -0.39 is 0 Å². The molecule has 1 unspecified atom stereocenters. The molecule has 0 heterocycles. The van der Waals surface area contributed by atoms with Gasteiger partial charge < -0.3 is 4.74 Å². The molecule has 2 rings (SSSR count). The molecule has 0 radical (unpaired) electrons. The van der Waals surface area contributed by atoms with Crippen molar-refractivity contribution < 1.29 is 4.74 Å². The minimum absolute atomic E-state index is 0.146. The number of benzene rings is 2. The highest BCUT2D eigenvalue weighted by molar-refractivity contribution is 6.31. The average Bonchev–Trinajstić information content (AvgIpc) is 2.52. The van der Waals surface area contributed by atoms with E-state index in [1.165, 1.54) is 5.56 Å². The quantitative estimate of drug-likeness (QED) is 0.632. The van der Waals surface area contributed by atoms with Crippen LogP contribution in [0.3, 0.4) is 0 Å². The summed E-state index contributed by atoms with van der Waals surface area (Å²) in [6.07, 6.45) is 2.67. The first-order chi connectivity index (χ1) is 10.7. The molecule has 2 aromatic rings. The van der Waals surface area contributed by atoms with Crippen molar-refractivity contribution in [2.45, 2.75) is 32.1 Å².